The van der Waals surface area contributed by atoms with E-state index in [1.54, 1.807) is 52.0 Å². The molecule has 22 heavy (non-hydrogen) atoms. The van der Waals surface area contributed by atoms with Crippen molar-refractivity contribution in [1.29, 1.82) is 0 Å². The summed E-state index contributed by atoms with van der Waals surface area (Å²) in [6.07, 6.45) is 0. The SMILES string of the molecule is C/C(=N\O)c1ccc(NC(=O)NCC(=O)OC(C)(C)C)cc1. The maximum absolute atomic E-state index is 11.7. The minimum Gasteiger partial charge on any atom is -0.459 e. The second kappa shape index (κ2) is 7.44. The summed E-state index contributed by atoms with van der Waals surface area (Å²) in [5.74, 6) is -0.507. The van der Waals surface area contributed by atoms with Gasteiger partial charge in [0.25, 0.3) is 0 Å². The summed E-state index contributed by atoms with van der Waals surface area (Å²) in [4.78, 5) is 23.1. The largest absolute Gasteiger partial charge is 0.459 e. The predicted octanol–water partition coefficient (Wildman–Crippen LogP) is 2.35. The van der Waals surface area contributed by atoms with E-state index in [0.29, 0.717) is 11.4 Å². The van der Waals surface area contributed by atoms with Gasteiger partial charge in [0.2, 0.25) is 0 Å². The molecule has 1 aromatic carbocycles. The molecule has 2 amide bonds. The number of nitrogens with zero attached hydrogens (tertiary/aromatic N) is 1. The van der Waals surface area contributed by atoms with Crippen LogP contribution in [-0.2, 0) is 9.53 Å². The van der Waals surface area contributed by atoms with Crippen molar-refractivity contribution >= 4 is 23.4 Å². The summed E-state index contributed by atoms with van der Waals surface area (Å²) >= 11 is 0. The van der Waals surface area contributed by atoms with Gasteiger partial charge >= 0.3 is 12.0 Å². The van der Waals surface area contributed by atoms with Gasteiger partial charge in [0.05, 0.1) is 5.71 Å². The lowest BCUT2D eigenvalue weighted by molar-refractivity contribution is -0.153. The summed E-state index contributed by atoms with van der Waals surface area (Å²) in [5, 5.41) is 16.8. The molecule has 0 fully saturated rings. The molecule has 120 valence electrons. The van der Waals surface area contributed by atoms with Crippen molar-refractivity contribution in [1.82, 2.24) is 5.32 Å². The van der Waals surface area contributed by atoms with Crippen molar-refractivity contribution in [2.75, 3.05) is 11.9 Å². The number of urea groups is 1. The van der Waals surface area contributed by atoms with Crippen LogP contribution in [0.5, 0.6) is 0 Å². The zero-order chi connectivity index (χ0) is 16.8. The van der Waals surface area contributed by atoms with Gasteiger partial charge in [-0.3, -0.25) is 4.79 Å². The summed E-state index contributed by atoms with van der Waals surface area (Å²) in [7, 11) is 0. The van der Waals surface area contributed by atoms with Gasteiger partial charge in [-0.25, -0.2) is 4.79 Å². The number of carbonyl (C=O) groups is 2. The monoisotopic (exact) mass is 307 g/mol. The average molecular weight is 307 g/mol. The second-order valence-corrected chi connectivity index (χ2v) is 5.66. The fourth-order valence-electron chi connectivity index (χ4n) is 1.56. The molecule has 0 aromatic heterocycles. The fraction of sp³-hybridized carbons (Fsp3) is 0.400. The van der Waals surface area contributed by atoms with Crippen LogP contribution in [0.15, 0.2) is 29.4 Å². The van der Waals surface area contributed by atoms with Crippen LogP contribution in [0, 0.1) is 0 Å². The zero-order valence-corrected chi connectivity index (χ0v) is 13.1. The van der Waals surface area contributed by atoms with Gasteiger partial charge in [0.1, 0.15) is 12.1 Å². The molecule has 7 heteroatoms. The lowest BCUT2D eigenvalue weighted by atomic mass is 10.1. The van der Waals surface area contributed by atoms with E-state index in [1.807, 2.05) is 0 Å². The van der Waals surface area contributed by atoms with Crippen molar-refractivity contribution in [2.45, 2.75) is 33.3 Å². The Morgan fingerprint density at radius 2 is 1.82 bits per heavy atom. The molecule has 1 aromatic rings. The number of esters is 1. The molecule has 0 saturated heterocycles. The highest BCUT2D eigenvalue weighted by molar-refractivity contribution is 5.99. The van der Waals surface area contributed by atoms with Gasteiger partial charge in [0.15, 0.2) is 0 Å². The van der Waals surface area contributed by atoms with E-state index in [1.165, 1.54) is 0 Å². The lowest BCUT2D eigenvalue weighted by Crippen LogP contribution is -2.36. The highest BCUT2D eigenvalue weighted by atomic mass is 16.6. The molecule has 0 bridgehead atoms. The quantitative estimate of drug-likeness (QED) is 0.344. The number of rotatable bonds is 4. The Morgan fingerprint density at radius 1 is 1.23 bits per heavy atom. The Morgan fingerprint density at radius 3 is 2.32 bits per heavy atom. The first kappa shape index (κ1) is 17.5. The van der Waals surface area contributed by atoms with Crippen molar-refractivity contribution in [2.24, 2.45) is 5.16 Å². The summed E-state index contributed by atoms with van der Waals surface area (Å²) in [6.45, 7) is 6.71. The molecule has 0 radical (unpaired) electrons. The lowest BCUT2D eigenvalue weighted by Gasteiger charge is -2.19. The van der Waals surface area contributed by atoms with Crippen LogP contribution >= 0.6 is 0 Å². The third-order valence-corrected chi connectivity index (χ3v) is 2.52. The zero-order valence-electron chi connectivity index (χ0n) is 13.1. The topological polar surface area (TPSA) is 100 Å². The Bertz CT molecular complexity index is 559. The molecular formula is C15H21N3O4. The van der Waals surface area contributed by atoms with Gasteiger partial charge in [-0.2, -0.15) is 0 Å². The van der Waals surface area contributed by atoms with E-state index >= 15 is 0 Å². The Labute approximate surface area is 129 Å². The van der Waals surface area contributed by atoms with E-state index < -0.39 is 17.6 Å². The van der Waals surface area contributed by atoms with Crippen LogP contribution < -0.4 is 10.6 Å². The van der Waals surface area contributed by atoms with Gasteiger partial charge in [-0.15, -0.1) is 0 Å². The Kier molecular flexibility index (Phi) is 5.91. The number of carbonyl (C=O) groups excluding carboxylic acids is 2. The Hall–Kier alpha value is -2.57. The van der Waals surface area contributed by atoms with Crippen molar-refractivity contribution in [3.63, 3.8) is 0 Å². The molecule has 0 aliphatic heterocycles. The van der Waals surface area contributed by atoms with Crippen LogP contribution in [0.25, 0.3) is 0 Å². The molecule has 3 N–H and O–H groups in total. The molecule has 0 aliphatic carbocycles. The molecule has 7 nitrogen and oxygen atoms in total. The summed E-state index contributed by atoms with van der Waals surface area (Å²) < 4.78 is 5.07. The third kappa shape index (κ3) is 6.25. The fourth-order valence-corrected chi connectivity index (χ4v) is 1.56. The minimum atomic E-state index is -0.586. The van der Waals surface area contributed by atoms with Crippen LogP contribution in [0.3, 0.4) is 0 Å². The number of oxime groups is 1. The van der Waals surface area contributed by atoms with E-state index in [9.17, 15) is 9.59 Å². The van der Waals surface area contributed by atoms with Crippen LogP contribution in [-0.4, -0.2) is 35.1 Å². The third-order valence-electron chi connectivity index (χ3n) is 2.52. The maximum atomic E-state index is 11.7. The standard InChI is InChI=1S/C15H21N3O4/c1-10(18-21)11-5-7-12(8-6-11)17-14(20)16-9-13(19)22-15(2,3)4/h5-8,21H,9H2,1-4H3,(H2,16,17,20)/b18-10+. The van der Waals surface area contributed by atoms with E-state index in [-0.39, 0.29) is 6.54 Å². The smallest absolute Gasteiger partial charge is 0.325 e. The van der Waals surface area contributed by atoms with Gasteiger partial charge in [-0.05, 0) is 45.4 Å². The number of hydrogen-bond acceptors (Lipinski definition) is 5. The van der Waals surface area contributed by atoms with Crippen molar-refractivity contribution < 1.29 is 19.5 Å². The van der Waals surface area contributed by atoms with Crippen LogP contribution in [0.2, 0.25) is 0 Å². The number of anilines is 1. The molecule has 0 atom stereocenters. The van der Waals surface area contributed by atoms with E-state index in [2.05, 4.69) is 15.8 Å². The molecule has 0 aliphatic rings. The number of amides is 2. The average Bonchev–Trinajstić information content (AvgIpc) is 2.43. The first-order chi connectivity index (χ1) is 10.2. The number of nitrogens with one attached hydrogen (secondary N) is 2. The number of benzene rings is 1. The van der Waals surface area contributed by atoms with Crippen LogP contribution in [0.1, 0.15) is 33.3 Å². The maximum Gasteiger partial charge on any atom is 0.325 e. The first-order valence-corrected chi connectivity index (χ1v) is 6.77. The predicted molar refractivity (Wildman–Crippen MR) is 83.3 cm³/mol. The van der Waals surface area contributed by atoms with E-state index in [4.69, 9.17) is 9.94 Å². The van der Waals surface area contributed by atoms with Crippen molar-refractivity contribution in [3.8, 4) is 0 Å². The highest BCUT2D eigenvalue weighted by Gasteiger charge is 2.16. The Balaban J connectivity index is 2.47. The molecule has 0 spiro atoms. The highest BCUT2D eigenvalue weighted by Crippen LogP contribution is 2.10. The minimum absolute atomic E-state index is 0.211. The summed E-state index contributed by atoms with van der Waals surface area (Å²) in [6, 6.07) is 6.23. The van der Waals surface area contributed by atoms with Gasteiger partial charge < -0.3 is 20.6 Å². The number of hydrogen-bond donors (Lipinski definition) is 3. The van der Waals surface area contributed by atoms with Gasteiger partial charge in [0, 0.05) is 5.69 Å². The summed E-state index contributed by atoms with van der Waals surface area (Å²) in [5.41, 5.74) is 1.18. The molecule has 0 heterocycles. The molecule has 0 saturated carbocycles. The number of ether oxygens (including phenoxy) is 1. The first-order valence-electron chi connectivity index (χ1n) is 6.77. The second-order valence-electron chi connectivity index (χ2n) is 5.66. The van der Waals surface area contributed by atoms with Gasteiger partial charge in [-0.1, -0.05) is 17.3 Å². The molecule has 0 unspecified atom stereocenters. The molecular weight excluding hydrogens is 286 g/mol. The normalized spacial score (nSPS) is 11.7. The van der Waals surface area contributed by atoms with Crippen molar-refractivity contribution in [3.05, 3.63) is 29.8 Å². The molecule has 1 rings (SSSR count). The van der Waals surface area contributed by atoms with E-state index in [0.717, 1.165) is 5.56 Å². The van der Waals surface area contributed by atoms with Crippen LogP contribution in [0.4, 0.5) is 10.5 Å².